The summed E-state index contributed by atoms with van der Waals surface area (Å²) >= 11 is 0. The van der Waals surface area contributed by atoms with Gasteiger partial charge in [-0.25, -0.2) is 13.4 Å². The van der Waals surface area contributed by atoms with Gasteiger partial charge in [-0.1, -0.05) is 12.1 Å². The predicted molar refractivity (Wildman–Crippen MR) is 91.6 cm³/mol. The van der Waals surface area contributed by atoms with Crippen molar-refractivity contribution < 1.29 is 17.9 Å². The minimum absolute atomic E-state index is 0.0143. The Morgan fingerprint density at radius 1 is 1.32 bits per heavy atom. The maximum atomic E-state index is 12.5. The Kier molecular flexibility index (Phi) is 5.16. The van der Waals surface area contributed by atoms with E-state index < -0.39 is 10.0 Å². The van der Waals surface area contributed by atoms with Gasteiger partial charge < -0.3 is 14.6 Å². The fraction of sp³-hybridized carbons (Fsp3) is 0.375. The van der Waals surface area contributed by atoms with Crippen molar-refractivity contribution in [3.05, 3.63) is 42.4 Å². The number of hydrogen-bond donors (Lipinski definition) is 1. The molecule has 0 radical (unpaired) electrons. The normalized spacial score (nSPS) is 15.9. The third kappa shape index (κ3) is 4.25. The van der Waals surface area contributed by atoms with Crippen molar-refractivity contribution >= 4 is 21.6 Å². The Morgan fingerprint density at radius 3 is 2.80 bits per heavy atom. The molecule has 0 atom stereocenters. The molecule has 0 spiro atoms. The zero-order chi connectivity index (χ0) is 17.9. The van der Waals surface area contributed by atoms with Crippen LogP contribution < -0.4 is 5.32 Å². The molecule has 2 heterocycles. The molecule has 1 N–H and O–H groups in total. The van der Waals surface area contributed by atoms with Crippen molar-refractivity contribution in [1.29, 1.82) is 0 Å². The Labute approximate surface area is 146 Å². The molecule has 25 heavy (non-hydrogen) atoms. The molecule has 0 unspecified atom stereocenters. The number of imidazole rings is 1. The second kappa shape index (κ2) is 7.34. The highest BCUT2D eigenvalue weighted by Gasteiger charge is 2.28. The van der Waals surface area contributed by atoms with Gasteiger partial charge in [0.2, 0.25) is 5.91 Å². The summed E-state index contributed by atoms with van der Waals surface area (Å²) in [5, 5.41) is 2.72. The van der Waals surface area contributed by atoms with Crippen LogP contribution in [0.1, 0.15) is 5.56 Å². The highest BCUT2D eigenvalue weighted by atomic mass is 32.2. The number of amides is 1. The molecule has 1 saturated heterocycles. The number of aromatic nitrogens is 2. The maximum absolute atomic E-state index is 12.5. The number of aryl methyl sites for hydroxylation is 1. The molecule has 9 heteroatoms. The molecule has 2 aromatic rings. The summed E-state index contributed by atoms with van der Waals surface area (Å²) in [6.07, 6.45) is 2.73. The number of hydrogen-bond acceptors (Lipinski definition) is 5. The number of carbonyl (C=O) groups excluding carboxylic acids is 1. The van der Waals surface area contributed by atoms with E-state index in [0.29, 0.717) is 32.0 Å². The second-order valence-corrected chi connectivity index (χ2v) is 7.70. The molecular weight excluding hydrogens is 344 g/mol. The lowest BCUT2D eigenvalue weighted by molar-refractivity contribution is -0.116. The first-order chi connectivity index (χ1) is 11.9. The summed E-state index contributed by atoms with van der Waals surface area (Å²) in [4.78, 5) is 16.1. The molecule has 1 amide bonds. The van der Waals surface area contributed by atoms with Crippen molar-refractivity contribution in [2.45, 2.75) is 18.5 Å². The second-order valence-electron chi connectivity index (χ2n) is 5.82. The van der Waals surface area contributed by atoms with Gasteiger partial charge in [-0.3, -0.25) is 4.79 Å². The molecule has 1 aliphatic rings. The summed E-state index contributed by atoms with van der Waals surface area (Å²) in [6.45, 7) is 3.29. The number of sulfonamides is 1. The van der Waals surface area contributed by atoms with Crippen LogP contribution in [0.5, 0.6) is 0 Å². The van der Waals surface area contributed by atoms with E-state index >= 15 is 0 Å². The highest BCUT2D eigenvalue weighted by Crippen LogP contribution is 2.15. The number of rotatable bonds is 5. The van der Waals surface area contributed by atoms with E-state index in [4.69, 9.17) is 4.74 Å². The fourth-order valence-electron chi connectivity index (χ4n) is 2.57. The lowest BCUT2D eigenvalue weighted by atomic mass is 10.2. The summed E-state index contributed by atoms with van der Waals surface area (Å²) in [5.74, 6) is -0.252. The molecule has 1 aromatic heterocycles. The van der Waals surface area contributed by atoms with Crippen LogP contribution in [0.4, 0.5) is 5.69 Å². The van der Waals surface area contributed by atoms with Crippen LogP contribution >= 0.6 is 0 Å². The standard InChI is InChI=1S/C16H20N4O4S/c1-13-3-2-4-14(9-13)18-15(21)10-19-11-16(17-12-19)25(22,23)20-5-7-24-8-6-20/h2-4,9,11-12H,5-8,10H2,1H3,(H,18,21). The van der Waals surface area contributed by atoms with Gasteiger partial charge in [-0.05, 0) is 24.6 Å². The van der Waals surface area contributed by atoms with E-state index in [2.05, 4.69) is 10.3 Å². The zero-order valence-corrected chi connectivity index (χ0v) is 14.7. The average molecular weight is 364 g/mol. The number of nitrogens with zero attached hydrogens (tertiary/aromatic N) is 3. The minimum Gasteiger partial charge on any atom is -0.379 e. The Bertz CT molecular complexity index is 857. The van der Waals surface area contributed by atoms with Gasteiger partial charge in [0.05, 0.1) is 19.5 Å². The van der Waals surface area contributed by atoms with Gasteiger partial charge in [0.25, 0.3) is 10.0 Å². The summed E-state index contributed by atoms with van der Waals surface area (Å²) in [6, 6.07) is 7.46. The average Bonchev–Trinajstić information content (AvgIpc) is 3.05. The van der Waals surface area contributed by atoms with Crippen LogP contribution in [0.3, 0.4) is 0 Å². The monoisotopic (exact) mass is 364 g/mol. The molecule has 1 aliphatic heterocycles. The summed E-state index contributed by atoms with van der Waals surface area (Å²) in [5.41, 5.74) is 1.74. The molecule has 8 nitrogen and oxygen atoms in total. The number of morpholine rings is 1. The first kappa shape index (κ1) is 17.6. The largest absolute Gasteiger partial charge is 0.379 e. The van der Waals surface area contributed by atoms with Crippen LogP contribution in [0.15, 0.2) is 41.8 Å². The van der Waals surface area contributed by atoms with Crippen LogP contribution in [-0.4, -0.2) is 54.5 Å². The van der Waals surface area contributed by atoms with Crippen molar-refractivity contribution in [2.75, 3.05) is 31.6 Å². The van der Waals surface area contributed by atoms with Crippen LogP contribution in [0, 0.1) is 6.92 Å². The smallest absolute Gasteiger partial charge is 0.262 e. The lowest BCUT2D eigenvalue weighted by Crippen LogP contribution is -2.40. The Morgan fingerprint density at radius 2 is 2.08 bits per heavy atom. The van der Waals surface area contributed by atoms with E-state index in [1.54, 1.807) is 6.07 Å². The number of nitrogens with one attached hydrogen (secondary N) is 1. The predicted octanol–water partition coefficient (Wildman–Crippen LogP) is 0.851. The van der Waals surface area contributed by atoms with Gasteiger partial charge in [0, 0.05) is 25.0 Å². The minimum atomic E-state index is -3.65. The van der Waals surface area contributed by atoms with Crippen LogP contribution in [-0.2, 0) is 26.1 Å². The number of carbonyl (C=O) groups is 1. The van der Waals surface area contributed by atoms with Gasteiger partial charge in [-0.2, -0.15) is 4.31 Å². The van der Waals surface area contributed by atoms with E-state index in [1.807, 2.05) is 25.1 Å². The van der Waals surface area contributed by atoms with E-state index in [-0.39, 0.29) is 17.5 Å². The van der Waals surface area contributed by atoms with E-state index in [1.165, 1.54) is 21.4 Å². The van der Waals surface area contributed by atoms with Crippen molar-refractivity contribution in [3.63, 3.8) is 0 Å². The number of anilines is 1. The van der Waals surface area contributed by atoms with Crippen molar-refractivity contribution in [2.24, 2.45) is 0 Å². The van der Waals surface area contributed by atoms with Crippen LogP contribution in [0.25, 0.3) is 0 Å². The Hall–Kier alpha value is -2.23. The SMILES string of the molecule is Cc1cccc(NC(=O)Cn2cnc(S(=O)(=O)N3CCOCC3)c2)c1. The topological polar surface area (TPSA) is 93.5 Å². The van der Waals surface area contributed by atoms with E-state index in [0.717, 1.165) is 5.56 Å². The molecular formula is C16H20N4O4S. The lowest BCUT2D eigenvalue weighted by Gasteiger charge is -2.24. The van der Waals surface area contributed by atoms with Gasteiger partial charge in [0.1, 0.15) is 6.54 Å². The fourth-order valence-corrected chi connectivity index (χ4v) is 3.91. The van der Waals surface area contributed by atoms with Crippen LogP contribution in [0.2, 0.25) is 0 Å². The third-order valence-corrected chi connectivity index (χ3v) is 5.60. The molecule has 3 rings (SSSR count). The zero-order valence-electron chi connectivity index (χ0n) is 13.9. The van der Waals surface area contributed by atoms with E-state index in [9.17, 15) is 13.2 Å². The molecule has 1 fully saturated rings. The molecule has 0 aliphatic carbocycles. The number of benzene rings is 1. The van der Waals surface area contributed by atoms with Gasteiger partial charge in [-0.15, -0.1) is 0 Å². The molecule has 1 aromatic carbocycles. The third-order valence-electron chi connectivity index (χ3n) is 3.81. The first-order valence-corrected chi connectivity index (χ1v) is 9.35. The first-order valence-electron chi connectivity index (χ1n) is 7.91. The molecule has 134 valence electrons. The van der Waals surface area contributed by atoms with Crippen molar-refractivity contribution in [1.82, 2.24) is 13.9 Å². The number of ether oxygens (including phenoxy) is 1. The van der Waals surface area contributed by atoms with Crippen molar-refractivity contribution in [3.8, 4) is 0 Å². The molecule has 0 bridgehead atoms. The Balaban J connectivity index is 1.66. The quantitative estimate of drug-likeness (QED) is 0.849. The van der Waals surface area contributed by atoms with Gasteiger partial charge >= 0.3 is 0 Å². The maximum Gasteiger partial charge on any atom is 0.262 e. The van der Waals surface area contributed by atoms with Gasteiger partial charge in [0.15, 0.2) is 5.03 Å². The summed E-state index contributed by atoms with van der Waals surface area (Å²) in [7, 11) is -3.65. The summed E-state index contributed by atoms with van der Waals surface area (Å²) < 4.78 is 33.0. The molecule has 0 saturated carbocycles. The highest BCUT2D eigenvalue weighted by molar-refractivity contribution is 7.89.